The minimum absolute atomic E-state index is 0.0542. The topological polar surface area (TPSA) is 75.7 Å². The number of hydrogen-bond donors (Lipinski definition) is 1. The fourth-order valence-electron chi connectivity index (χ4n) is 2.96. The van der Waals surface area contributed by atoms with Gasteiger partial charge in [0.2, 0.25) is 10.0 Å². The molecule has 162 valence electrons. The van der Waals surface area contributed by atoms with Gasteiger partial charge in [-0.05, 0) is 36.8 Å². The Bertz CT molecular complexity index is 997. The molecule has 1 aliphatic heterocycles. The second-order valence-electron chi connectivity index (χ2n) is 6.55. The van der Waals surface area contributed by atoms with Gasteiger partial charge in [0.05, 0.1) is 18.0 Å². The van der Waals surface area contributed by atoms with E-state index < -0.39 is 16.1 Å². The van der Waals surface area contributed by atoms with Crippen LogP contribution in [-0.2, 0) is 20.6 Å². The maximum Gasteiger partial charge on any atom is 0.263 e. The quantitative estimate of drug-likeness (QED) is 0.569. The number of nitrogens with zero attached hydrogens (tertiary/aromatic N) is 1. The lowest BCUT2D eigenvalue weighted by molar-refractivity contribution is -0.127. The number of amides is 1. The molecule has 0 radical (unpaired) electrons. The summed E-state index contributed by atoms with van der Waals surface area (Å²) < 4.78 is 32.0. The van der Waals surface area contributed by atoms with E-state index in [1.54, 1.807) is 61.2 Å². The van der Waals surface area contributed by atoms with Crippen LogP contribution in [0, 0.1) is 0 Å². The van der Waals surface area contributed by atoms with E-state index in [0.717, 1.165) is 5.56 Å². The zero-order valence-electron chi connectivity index (χ0n) is 16.3. The maximum absolute atomic E-state index is 12.6. The number of halogens is 2. The zero-order valence-corrected chi connectivity index (χ0v) is 19.5. The molecule has 1 heterocycles. The standard InChI is InChI=1S/C20H22Cl2N2O4S2/c1-2-30(26,27)24-12-19(28-18-9-4-3-8-17(18)24)20(25)23-10-11-29-13-14-15(21)6-5-7-16(14)22/h3-9,19H,2,10-13H2,1H3,(H,23,25)/t19-/m0/s1. The zero-order chi connectivity index (χ0) is 21.7. The lowest BCUT2D eigenvalue weighted by Crippen LogP contribution is -2.51. The van der Waals surface area contributed by atoms with Crippen LogP contribution in [0.15, 0.2) is 42.5 Å². The van der Waals surface area contributed by atoms with Crippen LogP contribution in [0.1, 0.15) is 12.5 Å². The number of anilines is 1. The van der Waals surface area contributed by atoms with Crippen molar-refractivity contribution in [3.63, 3.8) is 0 Å². The van der Waals surface area contributed by atoms with Crippen molar-refractivity contribution in [1.29, 1.82) is 0 Å². The molecule has 0 spiro atoms. The number of carbonyl (C=O) groups excluding carboxylic acids is 1. The second-order valence-corrected chi connectivity index (χ2v) is 10.7. The molecule has 0 aliphatic carbocycles. The van der Waals surface area contributed by atoms with Gasteiger partial charge in [-0.3, -0.25) is 9.10 Å². The summed E-state index contributed by atoms with van der Waals surface area (Å²) >= 11 is 13.9. The van der Waals surface area contributed by atoms with Crippen LogP contribution >= 0.6 is 35.0 Å². The van der Waals surface area contributed by atoms with E-state index in [4.69, 9.17) is 27.9 Å². The van der Waals surface area contributed by atoms with Gasteiger partial charge < -0.3 is 10.1 Å². The van der Waals surface area contributed by atoms with Crippen molar-refractivity contribution >= 4 is 56.6 Å². The number of hydrogen-bond acceptors (Lipinski definition) is 5. The highest BCUT2D eigenvalue weighted by Crippen LogP contribution is 2.35. The summed E-state index contributed by atoms with van der Waals surface area (Å²) in [4.78, 5) is 12.6. The molecular weight excluding hydrogens is 467 g/mol. The Balaban J connectivity index is 1.56. The number of rotatable bonds is 8. The highest BCUT2D eigenvalue weighted by Gasteiger charge is 2.35. The van der Waals surface area contributed by atoms with Crippen molar-refractivity contribution in [3.05, 3.63) is 58.1 Å². The van der Waals surface area contributed by atoms with Crippen molar-refractivity contribution in [2.75, 3.05) is 28.9 Å². The van der Waals surface area contributed by atoms with Crippen LogP contribution < -0.4 is 14.4 Å². The van der Waals surface area contributed by atoms with Crippen LogP contribution in [0.3, 0.4) is 0 Å². The number of sulfonamides is 1. The van der Waals surface area contributed by atoms with Gasteiger partial charge in [-0.15, -0.1) is 0 Å². The van der Waals surface area contributed by atoms with Crippen LogP contribution in [0.4, 0.5) is 5.69 Å². The van der Waals surface area contributed by atoms with E-state index in [-0.39, 0.29) is 18.2 Å². The lowest BCUT2D eigenvalue weighted by Gasteiger charge is -2.34. The van der Waals surface area contributed by atoms with Gasteiger partial charge in [0, 0.05) is 28.1 Å². The Morgan fingerprint density at radius 2 is 1.90 bits per heavy atom. The van der Waals surface area contributed by atoms with E-state index in [1.165, 1.54) is 4.31 Å². The fourth-order valence-corrected chi connectivity index (χ4v) is 5.68. The Morgan fingerprint density at radius 3 is 2.60 bits per heavy atom. The van der Waals surface area contributed by atoms with Crippen LogP contribution in [0.5, 0.6) is 5.75 Å². The van der Waals surface area contributed by atoms with Gasteiger partial charge in [0.1, 0.15) is 5.75 Å². The number of nitrogens with one attached hydrogen (secondary N) is 1. The Labute approximate surface area is 190 Å². The molecule has 0 aromatic heterocycles. The van der Waals surface area contributed by atoms with E-state index in [0.29, 0.717) is 39.5 Å². The van der Waals surface area contributed by atoms with Gasteiger partial charge in [0.25, 0.3) is 5.91 Å². The highest BCUT2D eigenvalue weighted by molar-refractivity contribution is 7.98. The molecule has 0 bridgehead atoms. The predicted octanol–water partition coefficient (Wildman–Crippen LogP) is 3.96. The van der Waals surface area contributed by atoms with E-state index in [1.807, 2.05) is 0 Å². The van der Waals surface area contributed by atoms with Crippen LogP contribution in [0.25, 0.3) is 0 Å². The molecule has 3 rings (SSSR count). The summed E-state index contributed by atoms with van der Waals surface area (Å²) in [5.41, 5.74) is 1.32. The molecule has 0 fully saturated rings. The SMILES string of the molecule is CCS(=O)(=O)N1C[C@@H](C(=O)NCCSCc2c(Cl)cccc2Cl)Oc2ccccc21. The molecule has 30 heavy (non-hydrogen) atoms. The smallest absolute Gasteiger partial charge is 0.263 e. The van der Waals surface area contributed by atoms with Crippen molar-refractivity contribution < 1.29 is 17.9 Å². The van der Waals surface area contributed by atoms with Gasteiger partial charge in [-0.25, -0.2) is 8.42 Å². The van der Waals surface area contributed by atoms with Crippen LogP contribution in [0.2, 0.25) is 10.0 Å². The first-order valence-electron chi connectivity index (χ1n) is 9.38. The molecule has 1 aliphatic rings. The highest BCUT2D eigenvalue weighted by atomic mass is 35.5. The molecule has 2 aromatic rings. The summed E-state index contributed by atoms with van der Waals surface area (Å²) in [5, 5.41) is 4.05. The minimum atomic E-state index is -3.52. The summed E-state index contributed by atoms with van der Waals surface area (Å²) in [6.07, 6.45) is -0.913. The molecule has 1 N–H and O–H groups in total. The van der Waals surface area contributed by atoms with Crippen molar-refractivity contribution in [2.24, 2.45) is 0 Å². The van der Waals surface area contributed by atoms with Gasteiger partial charge in [-0.1, -0.05) is 41.4 Å². The number of fused-ring (bicyclic) bond motifs is 1. The number of para-hydroxylation sites is 2. The number of ether oxygens (including phenoxy) is 1. The van der Waals surface area contributed by atoms with E-state index >= 15 is 0 Å². The third kappa shape index (κ3) is 5.35. The first kappa shape index (κ1) is 23.1. The number of benzene rings is 2. The van der Waals surface area contributed by atoms with Gasteiger partial charge >= 0.3 is 0 Å². The third-order valence-corrected chi connectivity index (χ3v) is 8.02. The number of thioether (sulfide) groups is 1. The van der Waals surface area contributed by atoms with Gasteiger partial charge in [0.15, 0.2) is 6.10 Å². The van der Waals surface area contributed by atoms with Crippen molar-refractivity contribution in [1.82, 2.24) is 5.32 Å². The minimum Gasteiger partial charge on any atom is -0.476 e. The first-order valence-corrected chi connectivity index (χ1v) is 12.9. The predicted molar refractivity (Wildman–Crippen MR) is 123 cm³/mol. The van der Waals surface area contributed by atoms with E-state index in [9.17, 15) is 13.2 Å². The van der Waals surface area contributed by atoms with Crippen LogP contribution in [-0.4, -0.2) is 45.0 Å². The Hall–Kier alpha value is -1.61. The summed E-state index contributed by atoms with van der Waals surface area (Å²) in [6.45, 7) is 1.93. The molecule has 1 atom stereocenters. The normalized spacial score (nSPS) is 16.0. The molecule has 2 aromatic carbocycles. The summed E-state index contributed by atoms with van der Waals surface area (Å²) in [6, 6.07) is 12.2. The van der Waals surface area contributed by atoms with Crippen molar-refractivity contribution in [3.8, 4) is 5.75 Å². The second kappa shape index (κ2) is 10.1. The van der Waals surface area contributed by atoms with E-state index in [2.05, 4.69) is 5.32 Å². The molecule has 1 amide bonds. The Kier molecular flexibility index (Phi) is 7.79. The average molecular weight is 489 g/mol. The molecule has 6 nitrogen and oxygen atoms in total. The van der Waals surface area contributed by atoms with Gasteiger partial charge in [-0.2, -0.15) is 11.8 Å². The monoisotopic (exact) mass is 488 g/mol. The first-order chi connectivity index (χ1) is 14.3. The third-order valence-electron chi connectivity index (χ3n) is 4.58. The maximum atomic E-state index is 12.6. The lowest BCUT2D eigenvalue weighted by atomic mass is 10.2. The molecular formula is C20H22Cl2N2O4S2. The largest absolute Gasteiger partial charge is 0.476 e. The molecule has 0 saturated carbocycles. The molecule has 10 heteroatoms. The van der Waals surface area contributed by atoms with Crippen molar-refractivity contribution in [2.45, 2.75) is 18.8 Å². The Morgan fingerprint density at radius 1 is 1.20 bits per heavy atom. The summed E-state index contributed by atoms with van der Waals surface area (Å²) in [5.74, 6) is 1.25. The molecule has 0 unspecified atom stereocenters. The average Bonchev–Trinajstić information content (AvgIpc) is 2.74. The number of carbonyl (C=O) groups is 1. The fraction of sp³-hybridized carbons (Fsp3) is 0.350. The summed E-state index contributed by atoms with van der Waals surface area (Å²) in [7, 11) is -3.52. The molecule has 0 saturated heterocycles.